The van der Waals surface area contributed by atoms with Crippen molar-refractivity contribution in [3.05, 3.63) is 155 Å². The molecule has 666 valence electrons. The molecule has 0 unspecified atom stereocenters. The highest BCUT2D eigenvalue weighted by molar-refractivity contribution is 7.80. The van der Waals surface area contributed by atoms with E-state index in [4.69, 9.17) is 28.0 Å². The van der Waals surface area contributed by atoms with Gasteiger partial charge in [-0.2, -0.15) is 12.6 Å². The standard InChI is InChI=1S/C81H110N20O21S/c1-6-42(2)66(101-72(114)56(15-11-33-88-81(85)86)93-68(110)44(4)91-77(119)63(41-123)100-67(109)43(3)82)78(120)98-60(37-49-20-28-53(104)29-21-49)76(118)96-58(35-47-16-24-51(102)25-17-47)74(116)94-55(14-10-32-87-80(83)84)71(113)95-59(36-48-18-26-52(103)27-19-48)75(117)97-61(39-65(107)108)70(112)89-40-64(106)92-57(34-46-12-8-7-9-13-46)73(115)90-45(5)69(111)99-62(79(121)122)38-50-22-30-54(105)31-23-50/h7-9,12-13,16-31,42-45,55-63,66,102-105,123H,6,10-11,14-15,32-41,82H2,1-5H3,(H,89,112)(H,90,115)(H,91,119)(H,92,106)(H,93,110)(H,94,116)(H,95,113)(H,96,118)(H,97,117)(H,98,120)(H,99,111)(H,100,109)(H,101,114)(H,107,108)(H,121,122)(H4,83,84,87)(H4,85,86,88)/t42-,43-,44-,45-,55-,56-,57-,58-,59-,60-,61-,62-,63-,66-/m0/s1. The topological polar surface area (TPSA) is 684 Å². The smallest absolute Gasteiger partial charge is 0.326 e. The first-order valence-electron chi connectivity index (χ1n) is 39.3. The summed E-state index contributed by atoms with van der Waals surface area (Å²) in [6, 6.07) is 10.00. The molecule has 0 aliphatic heterocycles. The number of phenolic OH excluding ortho intramolecular Hbond substituents is 4. The van der Waals surface area contributed by atoms with Gasteiger partial charge in [0.25, 0.3) is 0 Å². The molecule has 5 aromatic carbocycles. The van der Waals surface area contributed by atoms with E-state index in [-0.39, 0.29) is 98.8 Å². The van der Waals surface area contributed by atoms with Crippen LogP contribution in [0.25, 0.3) is 0 Å². The summed E-state index contributed by atoms with van der Waals surface area (Å²) in [7, 11) is 0. The number of aromatic hydroxyl groups is 4. The molecule has 41 nitrogen and oxygen atoms in total. The number of rotatable bonds is 50. The number of amides is 13. The van der Waals surface area contributed by atoms with Gasteiger partial charge in [0.15, 0.2) is 11.9 Å². The predicted molar refractivity (Wildman–Crippen MR) is 450 cm³/mol. The van der Waals surface area contributed by atoms with Gasteiger partial charge in [-0.05, 0) is 129 Å². The summed E-state index contributed by atoms with van der Waals surface area (Å²) in [4.78, 5) is 209. The minimum atomic E-state index is -2.03. The van der Waals surface area contributed by atoms with E-state index >= 15 is 14.4 Å². The molecule has 0 fully saturated rings. The average molecular weight is 1730 g/mol. The summed E-state index contributed by atoms with van der Waals surface area (Å²) in [6.45, 7) is 6.22. The summed E-state index contributed by atoms with van der Waals surface area (Å²) in [5.41, 5.74) is 18.6. The second-order valence-electron chi connectivity index (χ2n) is 29.2. The molecule has 0 heterocycles. The molecule has 5 rings (SSSR count). The lowest BCUT2D eigenvalue weighted by molar-refractivity contribution is -0.142. The summed E-state index contributed by atoms with van der Waals surface area (Å²) in [5, 5.41) is 114. The molecule has 0 spiro atoms. The number of phenols is 4. The van der Waals surface area contributed by atoms with E-state index in [0.717, 1.165) is 0 Å². The Kier molecular flexibility index (Phi) is 40.8. The van der Waals surface area contributed by atoms with Crippen LogP contribution in [0.15, 0.2) is 127 Å². The first kappa shape index (κ1) is 99.8. The Morgan fingerprint density at radius 2 is 0.683 bits per heavy atom. The van der Waals surface area contributed by atoms with Crippen LogP contribution in [-0.2, 0) is 104 Å². The number of aliphatic carboxylic acids is 2. The largest absolute Gasteiger partial charge is 0.508 e. The lowest BCUT2D eigenvalue weighted by Gasteiger charge is -2.30. The van der Waals surface area contributed by atoms with Gasteiger partial charge in [0.2, 0.25) is 76.8 Å². The Labute approximate surface area is 713 Å². The molecule has 14 atom stereocenters. The van der Waals surface area contributed by atoms with E-state index in [1.807, 2.05) is 0 Å². The number of thiol groups is 1. The van der Waals surface area contributed by atoms with Crippen LogP contribution in [-0.4, -0.2) is 235 Å². The molecule has 29 N–H and O–H groups in total. The van der Waals surface area contributed by atoms with Crippen molar-refractivity contribution in [2.75, 3.05) is 25.4 Å². The van der Waals surface area contributed by atoms with Crippen molar-refractivity contribution in [3.63, 3.8) is 0 Å². The molecule has 0 bridgehead atoms. The molecule has 0 aromatic heterocycles. The maximum absolute atomic E-state index is 15.2. The molecule has 0 aliphatic carbocycles. The second kappa shape index (κ2) is 50.3. The number of nitrogens with two attached hydrogens (primary N) is 3. The Morgan fingerprint density at radius 3 is 1.06 bits per heavy atom. The molecule has 0 saturated carbocycles. The highest BCUT2D eigenvalue weighted by atomic mass is 32.1. The molecular formula is C81H110N20O21S. The second-order valence-corrected chi connectivity index (χ2v) is 29.6. The average Bonchev–Trinajstić information content (AvgIpc) is 0.837. The fourth-order valence-corrected chi connectivity index (χ4v) is 12.3. The Hall–Kier alpha value is -13.8. The van der Waals surface area contributed by atoms with Crippen molar-refractivity contribution in [2.45, 2.75) is 184 Å². The summed E-state index contributed by atoms with van der Waals surface area (Å²) in [6.07, 6.45) is -3.02. The zero-order valence-electron chi connectivity index (χ0n) is 68.3. The van der Waals surface area contributed by atoms with Crippen molar-refractivity contribution < 1.29 is 103 Å². The van der Waals surface area contributed by atoms with E-state index in [2.05, 4.69) is 92.4 Å². The number of carbonyl (C=O) groups excluding carboxylic acids is 13. The first-order chi connectivity index (χ1) is 58.2. The number of carboxylic acids is 2. The first-order valence-corrected chi connectivity index (χ1v) is 39.9. The molecule has 0 aliphatic rings. The van der Waals surface area contributed by atoms with Crippen LogP contribution in [0.1, 0.15) is 101 Å². The van der Waals surface area contributed by atoms with Crippen molar-refractivity contribution in [1.82, 2.24) is 79.8 Å². The third-order valence-electron chi connectivity index (χ3n) is 19.1. The molecule has 5 aromatic rings. The van der Waals surface area contributed by atoms with E-state index in [1.54, 1.807) is 44.2 Å². The minimum absolute atomic E-state index is 0.0389. The highest BCUT2D eigenvalue weighted by Crippen LogP contribution is 2.19. The molecule has 0 saturated heterocycles. The third kappa shape index (κ3) is 35.6. The van der Waals surface area contributed by atoms with E-state index in [0.29, 0.717) is 22.3 Å². The fourth-order valence-electron chi connectivity index (χ4n) is 12.0. The van der Waals surface area contributed by atoms with Gasteiger partial charge >= 0.3 is 11.9 Å². The van der Waals surface area contributed by atoms with Gasteiger partial charge in [0.05, 0.1) is 19.0 Å². The number of carboxylic acid groups (broad SMARTS) is 2. The predicted octanol–water partition coefficient (Wildman–Crippen LogP) is -3.60. The fraction of sp³-hybridized carbons (Fsp3) is 0.420. The van der Waals surface area contributed by atoms with Crippen LogP contribution in [0.3, 0.4) is 0 Å². The molecular weight excluding hydrogens is 1620 g/mol. The number of hydrogen-bond donors (Lipinski definition) is 27. The van der Waals surface area contributed by atoms with Gasteiger partial charge < -0.3 is 128 Å². The number of nitrogens with one attached hydrogen (secondary N) is 17. The molecule has 13 amide bonds. The Bertz CT molecular complexity index is 4480. The van der Waals surface area contributed by atoms with Crippen LogP contribution >= 0.6 is 12.6 Å². The molecule has 0 radical (unpaired) electrons. The van der Waals surface area contributed by atoms with Crippen LogP contribution in [0.2, 0.25) is 0 Å². The van der Waals surface area contributed by atoms with Gasteiger partial charge in [-0.15, -0.1) is 0 Å². The van der Waals surface area contributed by atoms with Gasteiger partial charge in [0.1, 0.15) is 95.5 Å². The van der Waals surface area contributed by atoms with Crippen LogP contribution in [0.5, 0.6) is 23.0 Å². The third-order valence-corrected chi connectivity index (χ3v) is 19.5. The summed E-state index contributed by atoms with van der Waals surface area (Å²) >= 11 is 4.14. The minimum Gasteiger partial charge on any atom is -0.508 e. The van der Waals surface area contributed by atoms with E-state index in [1.165, 1.54) is 118 Å². The van der Waals surface area contributed by atoms with Crippen molar-refractivity contribution in [1.29, 1.82) is 10.8 Å². The maximum atomic E-state index is 15.2. The SMILES string of the molecule is CC[C@H](C)[C@H](NC(=O)[C@H](CCCNC(=N)N)NC(=O)[C@H](C)NC(=O)[C@H](CS)NC(=O)[C@H](C)N)C(=O)N[C@@H](Cc1ccc(O)cc1)C(=O)N[C@@H](Cc1ccc(O)cc1)C(=O)N[C@@H](CCCNC(=N)N)C(=O)N[C@@H](Cc1ccc(O)cc1)C(=O)N[C@@H](CC(=O)O)C(=O)NCC(=O)N[C@@H](Cc1ccccc1)C(=O)N[C@@H](C)C(=O)N[C@@H](Cc1ccc(O)cc1)C(=O)O. The lowest BCUT2D eigenvalue weighted by Crippen LogP contribution is -2.62. The summed E-state index contributed by atoms with van der Waals surface area (Å²) < 4.78 is 0. The monoisotopic (exact) mass is 1730 g/mol. The van der Waals surface area contributed by atoms with Gasteiger partial charge in [0, 0.05) is 50.9 Å². The highest BCUT2D eigenvalue weighted by Gasteiger charge is 2.38. The lowest BCUT2D eigenvalue weighted by atomic mass is 9.96. The number of carbonyl (C=O) groups is 15. The Balaban J connectivity index is 1.44. The Morgan fingerprint density at radius 1 is 0.366 bits per heavy atom. The molecule has 42 heteroatoms. The summed E-state index contributed by atoms with van der Waals surface area (Å²) in [5.74, 6) is -18.5. The number of benzene rings is 5. The van der Waals surface area contributed by atoms with E-state index < -0.39 is 211 Å². The van der Waals surface area contributed by atoms with Crippen molar-refractivity contribution in [2.24, 2.45) is 23.1 Å². The quantitative estimate of drug-likeness (QED) is 0.00774. The normalized spacial score (nSPS) is 14.3. The van der Waals surface area contributed by atoms with E-state index in [9.17, 15) is 88.2 Å². The van der Waals surface area contributed by atoms with Crippen molar-refractivity contribution >= 4 is 113 Å². The number of hydrogen-bond acceptors (Lipinski definition) is 23. The van der Waals surface area contributed by atoms with Crippen LogP contribution < -0.4 is 97.0 Å². The molecule has 123 heavy (non-hydrogen) atoms. The van der Waals surface area contributed by atoms with Crippen molar-refractivity contribution in [3.8, 4) is 23.0 Å². The van der Waals surface area contributed by atoms with Crippen LogP contribution in [0.4, 0.5) is 0 Å². The van der Waals surface area contributed by atoms with Gasteiger partial charge in [-0.25, -0.2) is 4.79 Å². The van der Waals surface area contributed by atoms with Gasteiger partial charge in [-0.1, -0.05) is 99.1 Å². The van der Waals surface area contributed by atoms with Crippen LogP contribution in [0, 0.1) is 16.7 Å². The maximum Gasteiger partial charge on any atom is 0.326 e. The zero-order valence-corrected chi connectivity index (χ0v) is 69.2. The van der Waals surface area contributed by atoms with Gasteiger partial charge in [-0.3, -0.25) is 77.9 Å². The number of guanidine groups is 2. The zero-order chi connectivity index (χ0) is 91.2.